The molecule has 0 aromatic heterocycles. The van der Waals surface area contributed by atoms with E-state index in [0.29, 0.717) is 11.3 Å². The molecule has 1 aromatic rings. The van der Waals surface area contributed by atoms with Crippen LogP contribution in [0.5, 0.6) is 5.75 Å². The van der Waals surface area contributed by atoms with Crippen LogP contribution in [0.1, 0.15) is 25.3 Å². The molecule has 1 saturated carbocycles. The highest BCUT2D eigenvalue weighted by Gasteiger charge is 2.49. The van der Waals surface area contributed by atoms with Gasteiger partial charge in [-0.3, -0.25) is 0 Å². The largest absolute Gasteiger partial charge is 0.495 e. The molecule has 0 spiro atoms. The van der Waals surface area contributed by atoms with Gasteiger partial charge in [0.1, 0.15) is 16.6 Å². The summed E-state index contributed by atoms with van der Waals surface area (Å²) in [5.41, 5.74) is 6.31. The van der Waals surface area contributed by atoms with Crippen LogP contribution < -0.4 is 10.5 Å². The number of nitrogens with two attached hydrogens (primary N) is 1. The van der Waals surface area contributed by atoms with Gasteiger partial charge in [-0.15, -0.1) is 0 Å². The van der Waals surface area contributed by atoms with Crippen molar-refractivity contribution >= 4 is 11.6 Å². The predicted octanol–water partition coefficient (Wildman–Crippen LogP) is 2.87. The van der Waals surface area contributed by atoms with Crippen LogP contribution >= 0.6 is 11.6 Å². The van der Waals surface area contributed by atoms with Crippen LogP contribution in [0.3, 0.4) is 0 Å². The van der Waals surface area contributed by atoms with Crippen molar-refractivity contribution in [1.82, 2.24) is 0 Å². The van der Waals surface area contributed by atoms with Crippen LogP contribution in [0.2, 0.25) is 5.02 Å². The minimum absolute atomic E-state index is 0.0481. The van der Waals surface area contributed by atoms with Gasteiger partial charge in [-0.1, -0.05) is 17.7 Å². The molecule has 0 saturated heterocycles. The molecule has 1 unspecified atom stereocenters. The van der Waals surface area contributed by atoms with Crippen LogP contribution in [-0.2, 0) is 5.41 Å². The molecule has 1 aliphatic rings. The van der Waals surface area contributed by atoms with Crippen molar-refractivity contribution in [2.24, 2.45) is 5.73 Å². The summed E-state index contributed by atoms with van der Waals surface area (Å²) in [6.07, 6.45) is 1.84. The van der Waals surface area contributed by atoms with Gasteiger partial charge in [-0.05, 0) is 31.4 Å². The van der Waals surface area contributed by atoms with Crippen LogP contribution in [0.4, 0.5) is 4.39 Å². The van der Waals surface area contributed by atoms with Crippen molar-refractivity contribution in [1.29, 1.82) is 0 Å². The Hall–Kier alpha value is -0.800. The monoisotopic (exact) mass is 243 g/mol. The zero-order valence-electron chi connectivity index (χ0n) is 9.39. The van der Waals surface area contributed by atoms with E-state index < -0.39 is 5.82 Å². The number of benzene rings is 1. The molecule has 0 aliphatic heterocycles. The summed E-state index contributed by atoms with van der Waals surface area (Å²) in [5, 5.41) is 0.0481. The summed E-state index contributed by atoms with van der Waals surface area (Å²) in [4.78, 5) is 0. The molecule has 2 nitrogen and oxygen atoms in total. The van der Waals surface area contributed by atoms with Crippen molar-refractivity contribution in [3.05, 3.63) is 28.5 Å². The normalized spacial score (nSPS) is 19.3. The van der Waals surface area contributed by atoms with E-state index in [1.165, 1.54) is 7.11 Å². The maximum absolute atomic E-state index is 14.1. The highest BCUT2D eigenvalue weighted by molar-refractivity contribution is 6.32. The van der Waals surface area contributed by atoms with Gasteiger partial charge in [-0.2, -0.15) is 0 Å². The second kappa shape index (κ2) is 3.90. The molecule has 0 bridgehead atoms. The fraction of sp³-hybridized carbons (Fsp3) is 0.500. The van der Waals surface area contributed by atoms with Crippen LogP contribution in [0, 0.1) is 5.82 Å². The van der Waals surface area contributed by atoms with Crippen LogP contribution in [-0.4, -0.2) is 13.2 Å². The lowest BCUT2D eigenvalue weighted by Gasteiger charge is -2.21. The van der Waals surface area contributed by atoms with Crippen molar-refractivity contribution in [3.63, 3.8) is 0 Å². The van der Waals surface area contributed by atoms with Crippen molar-refractivity contribution in [2.75, 3.05) is 7.11 Å². The Kier molecular flexibility index (Phi) is 2.84. The molecule has 1 aliphatic carbocycles. The molecule has 4 heteroatoms. The molecule has 2 N–H and O–H groups in total. The molecule has 0 heterocycles. The summed E-state index contributed by atoms with van der Waals surface area (Å²) < 4.78 is 19.0. The first-order valence-corrected chi connectivity index (χ1v) is 5.69. The molecule has 0 amide bonds. The molecule has 2 rings (SSSR count). The van der Waals surface area contributed by atoms with Gasteiger partial charge in [0.25, 0.3) is 0 Å². The molecular weight excluding hydrogens is 229 g/mol. The Morgan fingerprint density at radius 2 is 2.12 bits per heavy atom. The molecule has 1 fully saturated rings. The van der Waals surface area contributed by atoms with Gasteiger partial charge in [0.15, 0.2) is 0 Å². The number of halogens is 2. The van der Waals surface area contributed by atoms with E-state index in [1.54, 1.807) is 12.1 Å². The first-order chi connectivity index (χ1) is 7.53. The minimum atomic E-state index is -0.393. The summed E-state index contributed by atoms with van der Waals surface area (Å²) in [5.74, 6) is -0.0285. The van der Waals surface area contributed by atoms with Crippen molar-refractivity contribution in [3.8, 4) is 5.75 Å². The number of hydrogen-bond acceptors (Lipinski definition) is 2. The maximum Gasteiger partial charge on any atom is 0.149 e. The quantitative estimate of drug-likeness (QED) is 0.886. The highest BCUT2D eigenvalue weighted by Crippen LogP contribution is 2.52. The van der Waals surface area contributed by atoms with E-state index in [9.17, 15) is 4.39 Å². The molecule has 1 aromatic carbocycles. The topological polar surface area (TPSA) is 35.2 Å². The van der Waals surface area contributed by atoms with Crippen LogP contribution in [0.25, 0.3) is 0 Å². The Bertz CT molecular complexity index is 416. The van der Waals surface area contributed by atoms with Gasteiger partial charge in [0.2, 0.25) is 0 Å². The number of hydrogen-bond donors (Lipinski definition) is 1. The molecule has 88 valence electrons. The van der Waals surface area contributed by atoms with E-state index in [-0.39, 0.29) is 16.5 Å². The second-order valence-electron chi connectivity index (χ2n) is 4.39. The maximum atomic E-state index is 14.1. The third-order valence-corrected chi connectivity index (χ3v) is 3.82. The van der Waals surface area contributed by atoms with Gasteiger partial charge in [0, 0.05) is 11.5 Å². The van der Waals surface area contributed by atoms with Gasteiger partial charge in [0.05, 0.1) is 7.11 Å². The van der Waals surface area contributed by atoms with E-state index in [1.807, 2.05) is 6.92 Å². The number of rotatable bonds is 3. The lowest BCUT2D eigenvalue weighted by atomic mass is 9.89. The fourth-order valence-corrected chi connectivity index (χ4v) is 2.42. The van der Waals surface area contributed by atoms with Crippen LogP contribution in [0.15, 0.2) is 12.1 Å². The predicted molar refractivity (Wildman–Crippen MR) is 62.5 cm³/mol. The lowest BCUT2D eigenvalue weighted by molar-refractivity contribution is 0.409. The van der Waals surface area contributed by atoms with Gasteiger partial charge < -0.3 is 10.5 Å². The molecule has 0 radical (unpaired) electrons. The lowest BCUT2D eigenvalue weighted by Crippen LogP contribution is -2.32. The van der Waals surface area contributed by atoms with E-state index in [4.69, 9.17) is 22.1 Å². The third-order valence-electron chi connectivity index (χ3n) is 3.46. The molecule has 16 heavy (non-hydrogen) atoms. The SMILES string of the molecule is COc1ccc(C2(C(C)N)CC2)c(F)c1Cl. The Balaban J connectivity index is 2.48. The summed E-state index contributed by atoms with van der Waals surface area (Å²) >= 11 is 5.90. The highest BCUT2D eigenvalue weighted by atomic mass is 35.5. The zero-order valence-corrected chi connectivity index (χ0v) is 10.1. The fourth-order valence-electron chi connectivity index (χ4n) is 2.18. The smallest absolute Gasteiger partial charge is 0.149 e. The van der Waals surface area contributed by atoms with Gasteiger partial charge >= 0.3 is 0 Å². The first-order valence-electron chi connectivity index (χ1n) is 5.31. The Morgan fingerprint density at radius 1 is 1.50 bits per heavy atom. The second-order valence-corrected chi connectivity index (χ2v) is 4.77. The molecule has 1 atom stereocenters. The Morgan fingerprint density at radius 3 is 2.56 bits per heavy atom. The standard InChI is InChI=1S/C12H15ClFNO/c1-7(15)12(5-6-12)8-3-4-9(16-2)10(13)11(8)14/h3-4,7H,5-6,15H2,1-2H3. The average molecular weight is 244 g/mol. The summed E-state index contributed by atoms with van der Waals surface area (Å²) in [7, 11) is 1.47. The first kappa shape index (κ1) is 11.7. The third kappa shape index (κ3) is 1.59. The summed E-state index contributed by atoms with van der Waals surface area (Å²) in [6, 6.07) is 3.37. The van der Waals surface area contributed by atoms with Gasteiger partial charge in [-0.25, -0.2) is 4.39 Å². The van der Waals surface area contributed by atoms with E-state index in [0.717, 1.165) is 12.8 Å². The number of ether oxygens (including phenoxy) is 1. The Labute approximate surface area is 99.5 Å². The zero-order chi connectivity index (χ0) is 11.9. The summed E-state index contributed by atoms with van der Waals surface area (Å²) in [6.45, 7) is 1.91. The van der Waals surface area contributed by atoms with Crippen molar-refractivity contribution < 1.29 is 9.13 Å². The van der Waals surface area contributed by atoms with Crippen molar-refractivity contribution in [2.45, 2.75) is 31.2 Å². The van der Waals surface area contributed by atoms with E-state index >= 15 is 0 Å². The molecular formula is C12H15ClFNO. The average Bonchev–Trinajstić information content (AvgIpc) is 3.03. The number of methoxy groups -OCH3 is 1. The van der Waals surface area contributed by atoms with E-state index in [2.05, 4.69) is 0 Å². The minimum Gasteiger partial charge on any atom is -0.495 e.